The summed E-state index contributed by atoms with van der Waals surface area (Å²) >= 11 is 5.84. The van der Waals surface area contributed by atoms with E-state index in [1.807, 2.05) is 6.92 Å². The van der Waals surface area contributed by atoms with Gasteiger partial charge in [-0.3, -0.25) is 9.59 Å². The summed E-state index contributed by atoms with van der Waals surface area (Å²) < 4.78 is 10.4. The summed E-state index contributed by atoms with van der Waals surface area (Å²) in [5, 5.41) is 5.80. The normalized spacial score (nSPS) is 10.2. The van der Waals surface area contributed by atoms with Crippen molar-refractivity contribution in [2.45, 2.75) is 6.92 Å². The Bertz CT molecular complexity index is 1100. The number of hydrogen-bond donors (Lipinski definition) is 2. The Hall–Kier alpha value is -3.84. The molecule has 8 heteroatoms. The third-order valence-electron chi connectivity index (χ3n) is 4.25. The molecule has 0 atom stereocenters. The van der Waals surface area contributed by atoms with E-state index in [9.17, 15) is 14.4 Å². The van der Waals surface area contributed by atoms with Crippen LogP contribution in [0.25, 0.3) is 0 Å². The number of carbonyl (C=O) groups excluding carboxylic acids is 3. The number of anilines is 2. The summed E-state index contributed by atoms with van der Waals surface area (Å²) in [5.74, 6) is -0.720. The highest BCUT2D eigenvalue weighted by atomic mass is 35.5. The van der Waals surface area contributed by atoms with E-state index in [4.69, 9.17) is 21.1 Å². The van der Waals surface area contributed by atoms with Crippen molar-refractivity contribution in [3.63, 3.8) is 0 Å². The van der Waals surface area contributed by atoms with Gasteiger partial charge in [0.2, 0.25) is 0 Å². The Labute approximate surface area is 190 Å². The fraction of sp³-hybridized carbons (Fsp3) is 0.125. The first-order chi connectivity index (χ1) is 15.4. The molecule has 0 fully saturated rings. The standard InChI is InChI=1S/C24H21ClN2O5/c1-2-31-21-12-10-20(11-13-21)27-23(29)16-6-8-19(9-7-16)26-22(28)15-32-24(30)17-4-3-5-18(25)14-17/h3-14H,2,15H2,1H3,(H,26,28)(H,27,29). The predicted octanol–water partition coefficient (Wildman–Crippen LogP) is 4.79. The molecule has 0 unspecified atom stereocenters. The molecule has 3 aromatic rings. The van der Waals surface area contributed by atoms with Crippen LogP contribution in [0, 0.1) is 0 Å². The van der Waals surface area contributed by atoms with Crippen molar-refractivity contribution >= 4 is 40.8 Å². The highest BCUT2D eigenvalue weighted by molar-refractivity contribution is 6.30. The fourth-order valence-electron chi connectivity index (χ4n) is 2.74. The molecule has 0 saturated carbocycles. The van der Waals surface area contributed by atoms with E-state index >= 15 is 0 Å². The number of halogens is 1. The molecule has 0 bridgehead atoms. The van der Waals surface area contributed by atoms with E-state index in [1.165, 1.54) is 6.07 Å². The molecule has 0 heterocycles. The fourth-order valence-corrected chi connectivity index (χ4v) is 2.93. The smallest absolute Gasteiger partial charge is 0.338 e. The Balaban J connectivity index is 1.49. The number of ether oxygens (including phenoxy) is 2. The van der Waals surface area contributed by atoms with Gasteiger partial charge in [-0.05, 0) is 73.7 Å². The van der Waals surface area contributed by atoms with Gasteiger partial charge in [0.15, 0.2) is 6.61 Å². The third kappa shape index (κ3) is 6.58. The van der Waals surface area contributed by atoms with Gasteiger partial charge in [-0.25, -0.2) is 4.79 Å². The van der Waals surface area contributed by atoms with Crippen molar-refractivity contribution in [3.8, 4) is 5.75 Å². The minimum Gasteiger partial charge on any atom is -0.494 e. The molecule has 3 aromatic carbocycles. The van der Waals surface area contributed by atoms with Crippen LogP contribution in [0.15, 0.2) is 72.8 Å². The van der Waals surface area contributed by atoms with Crippen LogP contribution in [0.2, 0.25) is 5.02 Å². The maximum atomic E-state index is 12.4. The molecule has 7 nitrogen and oxygen atoms in total. The van der Waals surface area contributed by atoms with Crippen molar-refractivity contribution in [2.75, 3.05) is 23.8 Å². The molecule has 0 aliphatic heterocycles. The highest BCUT2D eigenvalue weighted by Crippen LogP contribution is 2.17. The van der Waals surface area contributed by atoms with Gasteiger partial charge >= 0.3 is 5.97 Å². The number of benzene rings is 3. The van der Waals surface area contributed by atoms with Gasteiger partial charge in [0.05, 0.1) is 12.2 Å². The minimum atomic E-state index is -0.649. The topological polar surface area (TPSA) is 93.7 Å². The second-order valence-corrected chi connectivity index (χ2v) is 7.06. The van der Waals surface area contributed by atoms with Crippen LogP contribution >= 0.6 is 11.6 Å². The average Bonchev–Trinajstić information content (AvgIpc) is 2.79. The summed E-state index contributed by atoms with van der Waals surface area (Å²) in [6.45, 7) is 2.01. The third-order valence-corrected chi connectivity index (χ3v) is 4.48. The molecule has 0 radical (unpaired) electrons. The second-order valence-electron chi connectivity index (χ2n) is 6.62. The van der Waals surface area contributed by atoms with E-state index in [0.717, 1.165) is 5.75 Å². The van der Waals surface area contributed by atoms with E-state index < -0.39 is 18.5 Å². The highest BCUT2D eigenvalue weighted by Gasteiger charge is 2.12. The molecule has 32 heavy (non-hydrogen) atoms. The monoisotopic (exact) mass is 452 g/mol. The van der Waals surface area contributed by atoms with Crippen LogP contribution in [-0.2, 0) is 9.53 Å². The lowest BCUT2D eigenvalue weighted by atomic mass is 10.2. The van der Waals surface area contributed by atoms with Crippen molar-refractivity contribution < 1.29 is 23.9 Å². The molecular formula is C24H21ClN2O5. The zero-order chi connectivity index (χ0) is 22.9. The van der Waals surface area contributed by atoms with Crippen molar-refractivity contribution in [1.29, 1.82) is 0 Å². The molecule has 2 amide bonds. The average molecular weight is 453 g/mol. The molecule has 164 valence electrons. The quantitative estimate of drug-likeness (QED) is 0.479. The summed E-state index contributed by atoms with van der Waals surface area (Å²) in [7, 11) is 0. The number of rotatable bonds is 8. The van der Waals surface area contributed by atoms with Gasteiger partial charge in [-0.1, -0.05) is 17.7 Å². The van der Waals surface area contributed by atoms with E-state index in [1.54, 1.807) is 66.7 Å². The lowest BCUT2D eigenvalue weighted by molar-refractivity contribution is -0.119. The molecule has 0 aliphatic rings. The number of hydrogen-bond acceptors (Lipinski definition) is 5. The van der Waals surface area contributed by atoms with Crippen LogP contribution < -0.4 is 15.4 Å². The van der Waals surface area contributed by atoms with Crippen molar-refractivity contribution in [2.24, 2.45) is 0 Å². The SMILES string of the molecule is CCOc1ccc(NC(=O)c2ccc(NC(=O)COC(=O)c3cccc(Cl)c3)cc2)cc1. The van der Waals surface area contributed by atoms with Gasteiger partial charge in [0.1, 0.15) is 5.75 Å². The van der Waals surface area contributed by atoms with Crippen LogP contribution in [0.4, 0.5) is 11.4 Å². The van der Waals surface area contributed by atoms with Gasteiger partial charge < -0.3 is 20.1 Å². The lowest BCUT2D eigenvalue weighted by Crippen LogP contribution is -2.21. The van der Waals surface area contributed by atoms with Gasteiger partial charge in [0.25, 0.3) is 11.8 Å². The minimum absolute atomic E-state index is 0.258. The van der Waals surface area contributed by atoms with Gasteiger partial charge in [0, 0.05) is 22.0 Å². The Morgan fingerprint density at radius 3 is 2.16 bits per heavy atom. The summed E-state index contributed by atoms with van der Waals surface area (Å²) in [6, 6.07) is 19.6. The number of amides is 2. The van der Waals surface area contributed by atoms with E-state index in [2.05, 4.69) is 10.6 Å². The van der Waals surface area contributed by atoms with Crippen molar-refractivity contribution in [3.05, 3.63) is 88.9 Å². The zero-order valence-electron chi connectivity index (χ0n) is 17.3. The summed E-state index contributed by atoms with van der Waals surface area (Å²) in [5.41, 5.74) is 1.78. The van der Waals surface area contributed by atoms with E-state index in [-0.39, 0.29) is 11.5 Å². The first-order valence-electron chi connectivity index (χ1n) is 9.81. The lowest BCUT2D eigenvalue weighted by Gasteiger charge is -2.09. The van der Waals surface area contributed by atoms with E-state index in [0.29, 0.717) is 28.6 Å². The number of nitrogens with one attached hydrogen (secondary N) is 2. The molecule has 3 rings (SSSR count). The van der Waals surface area contributed by atoms with Crippen LogP contribution in [0.1, 0.15) is 27.6 Å². The Morgan fingerprint density at radius 2 is 1.50 bits per heavy atom. The predicted molar refractivity (Wildman–Crippen MR) is 122 cm³/mol. The molecule has 0 aliphatic carbocycles. The van der Waals surface area contributed by atoms with Crippen LogP contribution in [-0.4, -0.2) is 31.0 Å². The molecule has 0 aromatic heterocycles. The molecular weight excluding hydrogens is 432 g/mol. The zero-order valence-corrected chi connectivity index (χ0v) is 18.0. The first-order valence-corrected chi connectivity index (χ1v) is 10.2. The Morgan fingerprint density at radius 1 is 0.844 bits per heavy atom. The molecule has 2 N–H and O–H groups in total. The number of esters is 1. The molecule has 0 saturated heterocycles. The van der Waals surface area contributed by atoms with Gasteiger partial charge in [-0.15, -0.1) is 0 Å². The largest absolute Gasteiger partial charge is 0.494 e. The molecule has 0 spiro atoms. The maximum Gasteiger partial charge on any atom is 0.338 e. The Kier molecular flexibility index (Phi) is 7.83. The van der Waals surface area contributed by atoms with Crippen LogP contribution in [0.5, 0.6) is 5.75 Å². The maximum absolute atomic E-state index is 12.4. The van der Waals surface area contributed by atoms with Crippen molar-refractivity contribution in [1.82, 2.24) is 0 Å². The first kappa shape index (κ1) is 22.8. The second kappa shape index (κ2) is 11.0. The number of carbonyl (C=O) groups is 3. The summed E-state index contributed by atoms with van der Waals surface area (Å²) in [6.07, 6.45) is 0. The van der Waals surface area contributed by atoms with Crippen LogP contribution in [0.3, 0.4) is 0 Å². The summed E-state index contributed by atoms with van der Waals surface area (Å²) in [4.78, 5) is 36.4. The van der Waals surface area contributed by atoms with Gasteiger partial charge in [-0.2, -0.15) is 0 Å².